The zero-order chi connectivity index (χ0) is 13.8. The molecule has 0 saturated heterocycles. The van der Waals surface area contributed by atoms with Gasteiger partial charge in [-0.25, -0.2) is 9.52 Å². The summed E-state index contributed by atoms with van der Waals surface area (Å²) < 4.78 is 31.9. The molecule has 0 unspecified atom stereocenters. The van der Waals surface area contributed by atoms with Crippen molar-refractivity contribution in [3.8, 4) is 0 Å². The Bertz CT molecular complexity index is 379. The zero-order valence-electron chi connectivity index (χ0n) is 10.8. The van der Waals surface area contributed by atoms with E-state index in [1.54, 1.807) is 13.8 Å². The van der Waals surface area contributed by atoms with Crippen LogP contribution in [0.1, 0.15) is 33.1 Å². The Morgan fingerprint density at radius 2 is 2.11 bits per heavy atom. The molecule has 3 N–H and O–H groups in total. The molecule has 0 bridgehead atoms. The van der Waals surface area contributed by atoms with Gasteiger partial charge in [0.25, 0.3) is 0 Å². The van der Waals surface area contributed by atoms with E-state index < -0.39 is 16.3 Å². The molecule has 1 aliphatic rings. The van der Waals surface area contributed by atoms with Crippen LogP contribution in [0, 0.1) is 0 Å². The molecule has 0 spiro atoms. The highest BCUT2D eigenvalue weighted by Crippen LogP contribution is 2.26. The molecule has 0 aromatic carbocycles. The van der Waals surface area contributed by atoms with E-state index in [0.717, 1.165) is 19.3 Å². The fourth-order valence-electron chi connectivity index (χ4n) is 1.70. The normalized spacial score (nSPS) is 16.7. The van der Waals surface area contributed by atoms with Gasteiger partial charge in [0, 0.05) is 19.1 Å². The quantitative estimate of drug-likeness (QED) is 0.722. The lowest BCUT2D eigenvalue weighted by atomic mass is 9.93. The lowest BCUT2D eigenvalue weighted by Crippen LogP contribution is -2.52. The number of nitrogens with two attached hydrogens (primary N) is 1. The summed E-state index contributed by atoms with van der Waals surface area (Å²) in [7, 11) is -3.86. The highest BCUT2D eigenvalue weighted by Gasteiger charge is 2.34. The summed E-state index contributed by atoms with van der Waals surface area (Å²) in [6, 6.07) is -0.0575. The van der Waals surface area contributed by atoms with Gasteiger partial charge in [-0.3, -0.25) is 0 Å². The molecule has 0 atom stereocenters. The van der Waals surface area contributed by atoms with Crippen LogP contribution in [0.15, 0.2) is 0 Å². The molecule has 1 aliphatic carbocycles. The molecule has 0 aromatic rings. The highest BCUT2D eigenvalue weighted by molar-refractivity contribution is 7.87. The molecule has 0 heterocycles. The largest absolute Gasteiger partial charge is 0.446 e. The van der Waals surface area contributed by atoms with Gasteiger partial charge < -0.3 is 10.5 Å². The summed E-state index contributed by atoms with van der Waals surface area (Å²) >= 11 is 0. The average molecular weight is 279 g/mol. The van der Waals surface area contributed by atoms with Crippen molar-refractivity contribution < 1.29 is 17.9 Å². The zero-order valence-corrected chi connectivity index (χ0v) is 11.6. The van der Waals surface area contributed by atoms with Crippen molar-refractivity contribution in [2.45, 2.75) is 45.3 Å². The van der Waals surface area contributed by atoms with E-state index in [4.69, 9.17) is 10.5 Å². The van der Waals surface area contributed by atoms with Crippen molar-refractivity contribution in [2.75, 3.05) is 13.1 Å². The number of nitrogens with one attached hydrogen (secondary N) is 1. The number of carbonyl (C=O) groups is 1. The Kier molecular flexibility index (Phi) is 5.36. The number of amides is 1. The first-order valence-electron chi connectivity index (χ1n) is 6.07. The van der Waals surface area contributed by atoms with Crippen LogP contribution in [0.4, 0.5) is 4.79 Å². The van der Waals surface area contributed by atoms with Crippen LogP contribution in [0.25, 0.3) is 0 Å². The van der Waals surface area contributed by atoms with Gasteiger partial charge >= 0.3 is 16.3 Å². The van der Waals surface area contributed by atoms with Gasteiger partial charge in [-0.15, -0.1) is 0 Å². The van der Waals surface area contributed by atoms with Crippen LogP contribution in [-0.2, 0) is 14.9 Å². The molecule has 7 nitrogen and oxygen atoms in total. The second kappa shape index (κ2) is 6.35. The van der Waals surface area contributed by atoms with Crippen molar-refractivity contribution in [3.63, 3.8) is 0 Å². The summed E-state index contributed by atoms with van der Waals surface area (Å²) in [5.74, 6) is 0. The lowest BCUT2D eigenvalue weighted by Gasteiger charge is -2.35. The third-order valence-corrected chi connectivity index (χ3v) is 4.22. The van der Waals surface area contributed by atoms with E-state index in [1.807, 2.05) is 4.72 Å². The van der Waals surface area contributed by atoms with E-state index in [0.29, 0.717) is 0 Å². The minimum atomic E-state index is -3.86. The molecule has 1 fully saturated rings. The predicted molar refractivity (Wildman–Crippen MR) is 67.1 cm³/mol. The average Bonchev–Trinajstić information content (AvgIpc) is 2.11. The number of nitrogens with zero attached hydrogens (tertiary/aromatic N) is 1. The number of ether oxygens (including phenoxy) is 1. The molecule has 0 aliphatic heterocycles. The summed E-state index contributed by atoms with van der Waals surface area (Å²) in [5, 5.41) is 0. The van der Waals surface area contributed by atoms with Crippen molar-refractivity contribution in [1.29, 1.82) is 0 Å². The second-order valence-corrected chi connectivity index (χ2v) is 6.17. The van der Waals surface area contributed by atoms with Crippen LogP contribution in [0.2, 0.25) is 0 Å². The second-order valence-electron chi connectivity index (χ2n) is 4.55. The van der Waals surface area contributed by atoms with E-state index in [-0.39, 0.29) is 25.2 Å². The molecule has 106 valence electrons. The first kappa shape index (κ1) is 15.2. The number of rotatable bonds is 6. The van der Waals surface area contributed by atoms with Crippen molar-refractivity contribution in [1.82, 2.24) is 9.03 Å². The van der Waals surface area contributed by atoms with Crippen molar-refractivity contribution >= 4 is 16.3 Å². The summed E-state index contributed by atoms with van der Waals surface area (Å²) in [6.45, 7) is 3.72. The highest BCUT2D eigenvalue weighted by atomic mass is 32.2. The van der Waals surface area contributed by atoms with E-state index in [2.05, 4.69) is 0 Å². The van der Waals surface area contributed by atoms with Crippen LogP contribution in [-0.4, -0.2) is 44.1 Å². The van der Waals surface area contributed by atoms with Gasteiger partial charge in [0.2, 0.25) is 0 Å². The third kappa shape index (κ3) is 4.11. The molecule has 18 heavy (non-hydrogen) atoms. The maximum Gasteiger partial charge on any atom is 0.422 e. The Morgan fingerprint density at radius 1 is 1.50 bits per heavy atom. The minimum absolute atomic E-state index is 0.0575. The van der Waals surface area contributed by atoms with E-state index in [9.17, 15) is 13.2 Å². The Hall–Kier alpha value is -0.860. The number of carbonyl (C=O) groups excluding carboxylic acids is 1. The fourth-order valence-corrected chi connectivity index (χ4v) is 3.03. The van der Waals surface area contributed by atoms with Gasteiger partial charge in [0.15, 0.2) is 0 Å². The van der Waals surface area contributed by atoms with Gasteiger partial charge in [-0.05, 0) is 26.7 Å². The van der Waals surface area contributed by atoms with Crippen LogP contribution in [0.5, 0.6) is 0 Å². The SMILES string of the molecule is CC(C)OC(=O)NS(=O)(=O)N(CCN)C1CCC1. The Morgan fingerprint density at radius 3 is 2.50 bits per heavy atom. The first-order valence-corrected chi connectivity index (χ1v) is 7.51. The maximum absolute atomic E-state index is 12.0. The molecular weight excluding hydrogens is 258 g/mol. The minimum Gasteiger partial charge on any atom is -0.446 e. The number of hydrogen-bond acceptors (Lipinski definition) is 5. The van der Waals surface area contributed by atoms with E-state index in [1.165, 1.54) is 4.31 Å². The summed E-state index contributed by atoms with van der Waals surface area (Å²) in [5.41, 5.74) is 5.40. The van der Waals surface area contributed by atoms with Gasteiger partial charge in [0.05, 0.1) is 6.10 Å². The Balaban J connectivity index is 2.66. The molecule has 0 radical (unpaired) electrons. The van der Waals surface area contributed by atoms with Gasteiger partial charge in [0.1, 0.15) is 0 Å². The summed E-state index contributed by atoms with van der Waals surface area (Å²) in [4.78, 5) is 11.3. The van der Waals surface area contributed by atoms with Crippen molar-refractivity contribution in [3.05, 3.63) is 0 Å². The van der Waals surface area contributed by atoms with Crippen LogP contribution >= 0.6 is 0 Å². The molecule has 0 aromatic heterocycles. The van der Waals surface area contributed by atoms with Crippen LogP contribution in [0.3, 0.4) is 0 Å². The molecule has 1 amide bonds. The van der Waals surface area contributed by atoms with Crippen LogP contribution < -0.4 is 10.5 Å². The van der Waals surface area contributed by atoms with Crippen molar-refractivity contribution in [2.24, 2.45) is 5.73 Å². The first-order chi connectivity index (χ1) is 8.36. The smallest absolute Gasteiger partial charge is 0.422 e. The van der Waals surface area contributed by atoms with Gasteiger partial charge in [-0.2, -0.15) is 12.7 Å². The van der Waals surface area contributed by atoms with Gasteiger partial charge in [-0.1, -0.05) is 6.42 Å². The standard InChI is InChI=1S/C10H21N3O4S/c1-8(2)17-10(14)12-18(15,16)13(7-6-11)9-4-3-5-9/h8-9H,3-7,11H2,1-2H3,(H,12,14). The monoisotopic (exact) mass is 279 g/mol. The fraction of sp³-hybridized carbons (Fsp3) is 0.900. The molecular formula is C10H21N3O4S. The number of hydrogen-bond donors (Lipinski definition) is 2. The predicted octanol–water partition coefficient (Wildman–Crippen LogP) is 0.179. The lowest BCUT2D eigenvalue weighted by molar-refractivity contribution is 0.120. The maximum atomic E-state index is 12.0. The Labute approximate surface area is 108 Å². The van der Waals surface area contributed by atoms with E-state index >= 15 is 0 Å². The topological polar surface area (TPSA) is 102 Å². The third-order valence-electron chi connectivity index (χ3n) is 2.70. The molecule has 1 rings (SSSR count). The summed E-state index contributed by atoms with van der Waals surface area (Å²) in [6.07, 6.45) is 1.29. The molecule has 1 saturated carbocycles. The molecule has 8 heteroatoms.